The molecule has 5 nitrogen and oxygen atoms in total. The van der Waals surface area contributed by atoms with Crippen LogP contribution >= 0.6 is 0 Å². The van der Waals surface area contributed by atoms with E-state index in [4.69, 9.17) is 4.74 Å². The van der Waals surface area contributed by atoms with Crippen LogP contribution in [0.15, 0.2) is 54.6 Å². The zero-order chi connectivity index (χ0) is 19.7. The Morgan fingerprint density at radius 3 is 2.36 bits per heavy atom. The highest BCUT2D eigenvalue weighted by atomic mass is 16.6. The van der Waals surface area contributed by atoms with Crippen molar-refractivity contribution >= 4 is 17.7 Å². The summed E-state index contributed by atoms with van der Waals surface area (Å²) in [4.78, 5) is 29.5. The molecule has 0 atom stereocenters. The van der Waals surface area contributed by atoms with E-state index in [1.165, 1.54) is 0 Å². The van der Waals surface area contributed by atoms with E-state index < -0.39 is 5.41 Å². The molecule has 1 fully saturated rings. The molecule has 2 aromatic rings. The Labute approximate surface area is 165 Å². The van der Waals surface area contributed by atoms with E-state index in [1.807, 2.05) is 67.3 Å². The second-order valence-electron chi connectivity index (χ2n) is 7.90. The summed E-state index contributed by atoms with van der Waals surface area (Å²) in [6, 6.07) is 18.2. The molecule has 28 heavy (non-hydrogen) atoms. The molecule has 2 aromatic carbocycles. The molecule has 2 aliphatic heterocycles. The highest BCUT2D eigenvalue weighted by Gasteiger charge is 2.52. The summed E-state index contributed by atoms with van der Waals surface area (Å²) in [5.41, 5.74) is 2.66. The monoisotopic (exact) mass is 378 g/mol. The number of fused-ring (bicyclic) bond motifs is 2. The lowest BCUT2D eigenvalue weighted by molar-refractivity contribution is -0.125. The first-order valence-corrected chi connectivity index (χ1v) is 9.92. The normalized spacial score (nSPS) is 17.9. The lowest BCUT2D eigenvalue weighted by Gasteiger charge is -2.38. The first kappa shape index (κ1) is 18.5. The van der Waals surface area contributed by atoms with Crippen LogP contribution in [0.25, 0.3) is 0 Å². The third kappa shape index (κ3) is 3.15. The van der Waals surface area contributed by atoms with Crippen molar-refractivity contribution < 1.29 is 14.3 Å². The van der Waals surface area contributed by atoms with Crippen molar-refractivity contribution in [2.75, 3.05) is 18.0 Å². The standard InChI is InChI=1S/C23H26N2O3/c1-17(2)28-22(27)24-14-12-23(13-15-24)19-10-6-7-11-20(19)25(21(23)26)16-18-8-4-3-5-9-18/h3-11,17H,12-16H2,1-2H3. The zero-order valence-corrected chi connectivity index (χ0v) is 16.4. The highest BCUT2D eigenvalue weighted by Crippen LogP contribution is 2.48. The van der Waals surface area contributed by atoms with E-state index in [0.717, 1.165) is 16.8 Å². The van der Waals surface area contributed by atoms with Crippen LogP contribution in [0.5, 0.6) is 0 Å². The summed E-state index contributed by atoms with van der Waals surface area (Å²) >= 11 is 0. The molecular weight excluding hydrogens is 352 g/mol. The number of anilines is 1. The number of ether oxygens (including phenoxy) is 1. The minimum Gasteiger partial charge on any atom is -0.447 e. The number of nitrogens with zero attached hydrogens (tertiary/aromatic N) is 2. The Morgan fingerprint density at radius 1 is 1.04 bits per heavy atom. The SMILES string of the molecule is CC(C)OC(=O)N1CCC2(CC1)C(=O)N(Cc1ccccc1)c1ccccc12. The van der Waals surface area contributed by atoms with Gasteiger partial charge in [-0.3, -0.25) is 4.79 Å². The first-order valence-electron chi connectivity index (χ1n) is 9.92. The van der Waals surface area contributed by atoms with Gasteiger partial charge in [0.25, 0.3) is 0 Å². The van der Waals surface area contributed by atoms with Crippen molar-refractivity contribution in [3.63, 3.8) is 0 Å². The highest BCUT2D eigenvalue weighted by molar-refractivity contribution is 6.08. The second kappa shape index (κ2) is 7.30. The third-order valence-corrected chi connectivity index (χ3v) is 5.76. The molecule has 2 amide bonds. The van der Waals surface area contributed by atoms with Gasteiger partial charge in [0.05, 0.1) is 18.1 Å². The largest absolute Gasteiger partial charge is 0.447 e. The van der Waals surface area contributed by atoms with Crippen LogP contribution in [-0.4, -0.2) is 36.1 Å². The fourth-order valence-electron chi connectivity index (χ4n) is 4.35. The predicted molar refractivity (Wildman–Crippen MR) is 108 cm³/mol. The van der Waals surface area contributed by atoms with Gasteiger partial charge in [0.2, 0.25) is 5.91 Å². The number of carbonyl (C=O) groups excluding carboxylic acids is 2. The molecule has 0 saturated carbocycles. The molecular formula is C23H26N2O3. The van der Waals surface area contributed by atoms with Crippen molar-refractivity contribution in [3.8, 4) is 0 Å². The Balaban J connectivity index is 1.59. The molecule has 146 valence electrons. The molecule has 0 N–H and O–H groups in total. The minimum atomic E-state index is -0.542. The predicted octanol–water partition coefficient (Wildman–Crippen LogP) is 4.11. The first-order chi connectivity index (χ1) is 13.5. The Morgan fingerprint density at radius 2 is 1.68 bits per heavy atom. The Hall–Kier alpha value is -2.82. The van der Waals surface area contributed by atoms with E-state index in [9.17, 15) is 9.59 Å². The number of hydrogen-bond donors (Lipinski definition) is 0. The van der Waals surface area contributed by atoms with Crippen molar-refractivity contribution in [1.82, 2.24) is 4.90 Å². The number of rotatable bonds is 3. The fraction of sp³-hybridized carbons (Fsp3) is 0.391. The lowest BCUT2D eigenvalue weighted by atomic mass is 9.73. The van der Waals surface area contributed by atoms with Gasteiger partial charge in [0, 0.05) is 18.8 Å². The van der Waals surface area contributed by atoms with Gasteiger partial charge in [0.1, 0.15) is 0 Å². The zero-order valence-electron chi connectivity index (χ0n) is 16.4. The number of para-hydroxylation sites is 1. The van der Waals surface area contributed by atoms with E-state index in [2.05, 4.69) is 6.07 Å². The van der Waals surface area contributed by atoms with Gasteiger partial charge in [-0.05, 0) is 43.9 Å². The van der Waals surface area contributed by atoms with Crippen LogP contribution in [0.1, 0.15) is 37.8 Å². The molecule has 4 rings (SSSR count). The van der Waals surface area contributed by atoms with Crippen LogP contribution in [0, 0.1) is 0 Å². The average molecular weight is 378 g/mol. The van der Waals surface area contributed by atoms with E-state index in [1.54, 1.807) is 4.90 Å². The molecule has 5 heteroatoms. The molecule has 0 aromatic heterocycles. The van der Waals surface area contributed by atoms with Gasteiger partial charge in [-0.25, -0.2) is 4.79 Å². The lowest BCUT2D eigenvalue weighted by Crippen LogP contribution is -2.50. The van der Waals surface area contributed by atoms with Gasteiger partial charge in [-0.2, -0.15) is 0 Å². The average Bonchev–Trinajstić information content (AvgIpc) is 2.92. The topological polar surface area (TPSA) is 49.9 Å². The minimum absolute atomic E-state index is 0.140. The van der Waals surface area contributed by atoms with Gasteiger partial charge in [-0.1, -0.05) is 48.5 Å². The van der Waals surface area contributed by atoms with E-state index in [-0.39, 0.29) is 18.1 Å². The maximum Gasteiger partial charge on any atom is 0.410 e. The molecule has 0 aliphatic carbocycles. The number of amides is 2. The maximum absolute atomic E-state index is 13.6. The van der Waals surface area contributed by atoms with Crippen molar-refractivity contribution in [2.45, 2.75) is 44.8 Å². The molecule has 2 heterocycles. The summed E-state index contributed by atoms with van der Waals surface area (Å²) in [5, 5.41) is 0. The van der Waals surface area contributed by atoms with Gasteiger partial charge < -0.3 is 14.5 Å². The van der Waals surface area contributed by atoms with Gasteiger partial charge >= 0.3 is 6.09 Å². The summed E-state index contributed by atoms with van der Waals surface area (Å²) in [5.74, 6) is 0.148. The van der Waals surface area contributed by atoms with Crippen molar-refractivity contribution in [2.24, 2.45) is 0 Å². The number of piperidine rings is 1. The quantitative estimate of drug-likeness (QED) is 0.808. The smallest absolute Gasteiger partial charge is 0.410 e. The van der Waals surface area contributed by atoms with Crippen molar-refractivity contribution in [1.29, 1.82) is 0 Å². The Bertz CT molecular complexity index is 870. The van der Waals surface area contributed by atoms with Gasteiger partial charge in [0.15, 0.2) is 0 Å². The molecule has 0 radical (unpaired) electrons. The number of likely N-dealkylation sites (tertiary alicyclic amines) is 1. The van der Waals surface area contributed by atoms with Crippen LogP contribution in [0.4, 0.5) is 10.5 Å². The van der Waals surface area contributed by atoms with E-state index in [0.29, 0.717) is 32.5 Å². The fourth-order valence-corrected chi connectivity index (χ4v) is 4.35. The second-order valence-corrected chi connectivity index (χ2v) is 7.90. The molecule has 2 aliphatic rings. The van der Waals surface area contributed by atoms with Crippen LogP contribution in [0.3, 0.4) is 0 Å². The van der Waals surface area contributed by atoms with Crippen LogP contribution in [0.2, 0.25) is 0 Å². The number of hydrogen-bond acceptors (Lipinski definition) is 3. The summed E-state index contributed by atoms with van der Waals surface area (Å²) in [6.07, 6.45) is 0.825. The number of carbonyl (C=O) groups is 2. The summed E-state index contributed by atoms with van der Waals surface area (Å²) < 4.78 is 5.33. The molecule has 0 bridgehead atoms. The van der Waals surface area contributed by atoms with Gasteiger partial charge in [-0.15, -0.1) is 0 Å². The Kier molecular flexibility index (Phi) is 4.84. The van der Waals surface area contributed by atoms with Crippen LogP contribution in [-0.2, 0) is 21.5 Å². The van der Waals surface area contributed by atoms with Crippen LogP contribution < -0.4 is 4.90 Å². The van der Waals surface area contributed by atoms with E-state index >= 15 is 0 Å². The molecule has 1 spiro atoms. The maximum atomic E-state index is 13.6. The number of benzene rings is 2. The van der Waals surface area contributed by atoms with Crippen molar-refractivity contribution in [3.05, 3.63) is 65.7 Å². The summed E-state index contributed by atoms with van der Waals surface area (Å²) in [6.45, 7) is 5.33. The summed E-state index contributed by atoms with van der Waals surface area (Å²) in [7, 11) is 0. The third-order valence-electron chi connectivity index (χ3n) is 5.76. The molecule has 0 unspecified atom stereocenters. The molecule has 1 saturated heterocycles.